The highest BCUT2D eigenvalue weighted by Crippen LogP contribution is 2.14. The average Bonchev–Trinajstić information content (AvgIpc) is 3.00. The summed E-state index contributed by atoms with van der Waals surface area (Å²) in [5.74, 6) is 1.92. The van der Waals surface area contributed by atoms with E-state index < -0.39 is 0 Å². The van der Waals surface area contributed by atoms with Crippen LogP contribution in [-0.2, 0) is 13.0 Å². The van der Waals surface area contributed by atoms with Crippen LogP contribution < -0.4 is 10.1 Å². The SMILES string of the molecule is CN1CCN=C1NCCc1ccc(OCc2ccccc2)cc1. The maximum Gasteiger partial charge on any atom is 0.193 e. The lowest BCUT2D eigenvalue weighted by molar-refractivity contribution is 0.306. The Morgan fingerprint density at radius 1 is 1.04 bits per heavy atom. The van der Waals surface area contributed by atoms with Crippen molar-refractivity contribution in [2.45, 2.75) is 13.0 Å². The van der Waals surface area contributed by atoms with Crippen molar-refractivity contribution in [2.24, 2.45) is 4.99 Å². The predicted octanol–water partition coefficient (Wildman–Crippen LogP) is 2.70. The molecule has 0 amide bonds. The molecule has 4 nitrogen and oxygen atoms in total. The van der Waals surface area contributed by atoms with Crippen LogP contribution in [0.2, 0.25) is 0 Å². The van der Waals surface area contributed by atoms with Gasteiger partial charge in [-0.25, -0.2) is 0 Å². The maximum absolute atomic E-state index is 5.81. The molecular formula is C19H23N3O. The molecule has 1 aliphatic heterocycles. The summed E-state index contributed by atoms with van der Waals surface area (Å²) in [6.07, 6.45) is 0.978. The molecule has 0 saturated heterocycles. The van der Waals surface area contributed by atoms with Gasteiger partial charge in [-0.3, -0.25) is 4.99 Å². The summed E-state index contributed by atoms with van der Waals surface area (Å²) in [5, 5.41) is 3.39. The molecule has 1 aliphatic rings. The largest absolute Gasteiger partial charge is 0.489 e. The minimum absolute atomic E-state index is 0.605. The summed E-state index contributed by atoms with van der Waals surface area (Å²) >= 11 is 0. The second kappa shape index (κ2) is 7.68. The molecule has 2 aromatic carbocycles. The van der Waals surface area contributed by atoms with E-state index in [0.29, 0.717) is 6.61 Å². The summed E-state index contributed by atoms with van der Waals surface area (Å²) in [5.41, 5.74) is 2.48. The molecule has 4 heteroatoms. The Kier molecular flexibility index (Phi) is 5.14. The molecule has 0 aromatic heterocycles. The summed E-state index contributed by atoms with van der Waals surface area (Å²) in [4.78, 5) is 6.58. The van der Waals surface area contributed by atoms with E-state index >= 15 is 0 Å². The first-order chi connectivity index (χ1) is 11.3. The molecule has 2 aromatic rings. The van der Waals surface area contributed by atoms with E-state index in [0.717, 1.165) is 37.8 Å². The van der Waals surface area contributed by atoms with Crippen molar-refractivity contribution in [3.05, 3.63) is 65.7 Å². The van der Waals surface area contributed by atoms with Gasteiger partial charge in [0.25, 0.3) is 0 Å². The fourth-order valence-corrected chi connectivity index (χ4v) is 2.54. The van der Waals surface area contributed by atoms with Crippen LogP contribution in [0.1, 0.15) is 11.1 Å². The lowest BCUT2D eigenvalue weighted by atomic mass is 10.1. The van der Waals surface area contributed by atoms with Crippen LogP contribution in [0.25, 0.3) is 0 Å². The van der Waals surface area contributed by atoms with Gasteiger partial charge in [0, 0.05) is 20.1 Å². The van der Waals surface area contributed by atoms with Crippen LogP contribution in [0.3, 0.4) is 0 Å². The van der Waals surface area contributed by atoms with Gasteiger partial charge in [0.1, 0.15) is 12.4 Å². The van der Waals surface area contributed by atoms with Crippen LogP contribution in [0.4, 0.5) is 0 Å². The maximum atomic E-state index is 5.81. The molecular weight excluding hydrogens is 286 g/mol. The Labute approximate surface area is 137 Å². The van der Waals surface area contributed by atoms with Crippen LogP contribution in [0.15, 0.2) is 59.6 Å². The topological polar surface area (TPSA) is 36.9 Å². The molecule has 0 atom stereocenters. The molecule has 0 bridgehead atoms. The Hall–Kier alpha value is -2.49. The number of likely N-dealkylation sites (N-methyl/N-ethyl adjacent to an activating group) is 1. The Morgan fingerprint density at radius 2 is 1.83 bits per heavy atom. The molecule has 0 spiro atoms. The Bertz CT molecular complexity index is 637. The van der Waals surface area contributed by atoms with Crippen molar-refractivity contribution in [3.63, 3.8) is 0 Å². The summed E-state index contributed by atoms with van der Waals surface area (Å²) < 4.78 is 5.81. The number of nitrogens with zero attached hydrogens (tertiary/aromatic N) is 2. The van der Waals surface area contributed by atoms with Crippen molar-refractivity contribution in [1.82, 2.24) is 10.2 Å². The summed E-state index contributed by atoms with van der Waals surface area (Å²) in [6, 6.07) is 18.5. The molecule has 23 heavy (non-hydrogen) atoms. The van der Waals surface area contributed by atoms with Crippen LogP contribution in [0, 0.1) is 0 Å². The highest BCUT2D eigenvalue weighted by atomic mass is 16.5. The van der Waals surface area contributed by atoms with Gasteiger partial charge in [0.2, 0.25) is 0 Å². The van der Waals surface area contributed by atoms with E-state index in [9.17, 15) is 0 Å². The molecule has 120 valence electrons. The molecule has 3 rings (SSSR count). The second-order valence-corrected chi connectivity index (χ2v) is 5.72. The highest BCUT2D eigenvalue weighted by molar-refractivity contribution is 5.81. The minimum atomic E-state index is 0.605. The lowest BCUT2D eigenvalue weighted by Crippen LogP contribution is -2.36. The fourth-order valence-electron chi connectivity index (χ4n) is 2.54. The quantitative estimate of drug-likeness (QED) is 0.891. The van der Waals surface area contributed by atoms with Crippen LogP contribution in [0.5, 0.6) is 5.75 Å². The molecule has 0 saturated carbocycles. The van der Waals surface area contributed by atoms with Gasteiger partial charge >= 0.3 is 0 Å². The first-order valence-electron chi connectivity index (χ1n) is 8.06. The highest BCUT2D eigenvalue weighted by Gasteiger charge is 2.10. The minimum Gasteiger partial charge on any atom is -0.489 e. The number of hydrogen-bond donors (Lipinski definition) is 1. The van der Waals surface area contributed by atoms with Gasteiger partial charge in [-0.05, 0) is 29.7 Å². The average molecular weight is 309 g/mol. The van der Waals surface area contributed by atoms with Crippen LogP contribution in [-0.4, -0.2) is 37.5 Å². The molecule has 1 heterocycles. The first-order valence-corrected chi connectivity index (χ1v) is 8.06. The molecule has 0 unspecified atom stereocenters. The summed E-state index contributed by atoms with van der Waals surface area (Å²) in [7, 11) is 2.07. The van der Waals surface area contributed by atoms with E-state index in [1.54, 1.807) is 0 Å². The van der Waals surface area contributed by atoms with Crippen LogP contribution >= 0.6 is 0 Å². The zero-order valence-corrected chi connectivity index (χ0v) is 13.5. The van der Waals surface area contributed by atoms with Crippen molar-refractivity contribution < 1.29 is 4.74 Å². The van der Waals surface area contributed by atoms with E-state index in [1.807, 2.05) is 30.3 Å². The van der Waals surface area contributed by atoms with Gasteiger partial charge < -0.3 is 15.0 Å². The Morgan fingerprint density at radius 3 is 2.52 bits per heavy atom. The standard InChI is InChI=1S/C19H23N3O/c1-22-14-13-21-19(22)20-12-11-16-7-9-18(10-8-16)23-15-17-5-3-2-4-6-17/h2-10H,11-15H2,1H3,(H,20,21). The van der Waals surface area contributed by atoms with Crippen molar-refractivity contribution in [3.8, 4) is 5.75 Å². The number of hydrogen-bond acceptors (Lipinski definition) is 4. The number of nitrogens with one attached hydrogen (secondary N) is 1. The van der Waals surface area contributed by atoms with Gasteiger partial charge in [-0.1, -0.05) is 42.5 Å². The predicted molar refractivity (Wildman–Crippen MR) is 93.9 cm³/mol. The van der Waals surface area contributed by atoms with E-state index in [2.05, 4.69) is 46.5 Å². The molecule has 0 radical (unpaired) electrons. The van der Waals surface area contributed by atoms with Gasteiger partial charge in [0.15, 0.2) is 5.96 Å². The fraction of sp³-hybridized carbons (Fsp3) is 0.316. The number of benzene rings is 2. The zero-order valence-electron chi connectivity index (χ0n) is 13.5. The van der Waals surface area contributed by atoms with Crippen molar-refractivity contribution in [2.75, 3.05) is 26.7 Å². The number of guanidine groups is 1. The molecule has 0 fully saturated rings. The third-order valence-electron chi connectivity index (χ3n) is 3.93. The third-order valence-corrected chi connectivity index (χ3v) is 3.93. The van der Waals surface area contributed by atoms with Gasteiger partial charge in [-0.15, -0.1) is 0 Å². The van der Waals surface area contributed by atoms with E-state index in [-0.39, 0.29) is 0 Å². The molecule has 0 aliphatic carbocycles. The first kappa shape index (κ1) is 15.4. The van der Waals surface area contributed by atoms with Gasteiger partial charge in [0.05, 0.1) is 6.54 Å². The normalized spacial score (nSPS) is 13.8. The second-order valence-electron chi connectivity index (χ2n) is 5.72. The van der Waals surface area contributed by atoms with E-state index in [1.165, 1.54) is 11.1 Å². The lowest BCUT2D eigenvalue weighted by Gasteiger charge is -2.15. The zero-order chi connectivity index (χ0) is 15.9. The number of aliphatic imine (C=N–C) groups is 1. The van der Waals surface area contributed by atoms with Crippen molar-refractivity contribution >= 4 is 5.96 Å². The van der Waals surface area contributed by atoms with Crippen molar-refractivity contribution in [1.29, 1.82) is 0 Å². The number of rotatable bonds is 6. The number of ether oxygens (including phenoxy) is 1. The monoisotopic (exact) mass is 309 g/mol. The summed E-state index contributed by atoms with van der Waals surface area (Å²) in [6.45, 7) is 3.41. The van der Waals surface area contributed by atoms with E-state index in [4.69, 9.17) is 4.74 Å². The third kappa shape index (κ3) is 4.49. The molecule has 1 N–H and O–H groups in total. The smallest absolute Gasteiger partial charge is 0.193 e. The van der Waals surface area contributed by atoms with Gasteiger partial charge in [-0.2, -0.15) is 0 Å². The Balaban J connectivity index is 1.43.